The van der Waals surface area contributed by atoms with Crippen LogP contribution in [0.5, 0.6) is 11.5 Å². The van der Waals surface area contributed by atoms with E-state index in [0.717, 1.165) is 23.6 Å². The minimum Gasteiger partial charge on any atom is -0.494 e. The summed E-state index contributed by atoms with van der Waals surface area (Å²) in [6.07, 6.45) is 1.56. The summed E-state index contributed by atoms with van der Waals surface area (Å²) < 4.78 is 24.6. The molecule has 0 atom stereocenters. The van der Waals surface area contributed by atoms with Gasteiger partial charge in [-0.15, -0.1) is 0 Å². The summed E-state index contributed by atoms with van der Waals surface area (Å²) in [6, 6.07) is 11.3. The summed E-state index contributed by atoms with van der Waals surface area (Å²) in [4.78, 5) is 20.9. The maximum absolute atomic E-state index is 13.9. The maximum atomic E-state index is 13.9. The number of para-hydroxylation sites is 2. The zero-order valence-corrected chi connectivity index (χ0v) is 15.3. The number of aromatic nitrogens is 2. The molecule has 0 saturated heterocycles. The van der Waals surface area contributed by atoms with Gasteiger partial charge in [0, 0.05) is 18.3 Å². The molecule has 0 bridgehead atoms. The predicted octanol–water partition coefficient (Wildman–Crippen LogP) is 3.81. The molecular weight excluding hydrogens is 381 g/mol. The van der Waals surface area contributed by atoms with E-state index in [0.29, 0.717) is 19.0 Å². The quantitative estimate of drug-likeness (QED) is 0.512. The first kappa shape index (κ1) is 18.4. The van der Waals surface area contributed by atoms with Crippen LogP contribution in [0, 0.1) is 15.9 Å². The van der Waals surface area contributed by atoms with Crippen molar-refractivity contribution in [2.75, 3.05) is 30.5 Å². The number of methoxy groups -OCH3 is 1. The van der Waals surface area contributed by atoms with Crippen molar-refractivity contribution in [3.8, 4) is 11.5 Å². The Balaban J connectivity index is 1.68. The number of nitrogens with zero attached hydrogens (tertiary/aromatic N) is 4. The SMILES string of the molecule is COc1cc(F)c([N+](=O)[O-])cc1Nc1nccc(N2CCOc3ccccc32)n1. The Kier molecular flexibility index (Phi) is 4.82. The molecule has 0 unspecified atom stereocenters. The van der Waals surface area contributed by atoms with Gasteiger partial charge in [-0.25, -0.2) is 4.98 Å². The smallest absolute Gasteiger partial charge is 0.307 e. The highest BCUT2D eigenvalue weighted by Gasteiger charge is 2.22. The van der Waals surface area contributed by atoms with Gasteiger partial charge in [-0.05, 0) is 18.2 Å². The molecule has 1 aliphatic heterocycles. The highest BCUT2D eigenvalue weighted by atomic mass is 19.1. The first-order valence-electron chi connectivity index (χ1n) is 8.68. The van der Waals surface area contributed by atoms with Gasteiger partial charge in [0.1, 0.15) is 23.9 Å². The van der Waals surface area contributed by atoms with Crippen molar-refractivity contribution >= 4 is 28.8 Å². The van der Waals surface area contributed by atoms with Gasteiger partial charge in [0.05, 0.1) is 30.0 Å². The van der Waals surface area contributed by atoms with Crippen LogP contribution in [0.4, 0.5) is 33.2 Å². The molecule has 0 amide bonds. The van der Waals surface area contributed by atoms with Gasteiger partial charge in [-0.1, -0.05) is 12.1 Å². The van der Waals surface area contributed by atoms with Crippen molar-refractivity contribution < 1.29 is 18.8 Å². The highest BCUT2D eigenvalue weighted by Crippen LogP contribution is 2.36. The Morgan fingerprint density at radius 2 is 2.14 bits per heavy atom. The van der Waals surface area contributed by atoms with E-state index in [1.807, 2.05) is 29.2 Å². The van der Waals surface area contributed by atoms with Gasteiger partial charge in [-0.2, -0.15) is 9.37 Å². The zero-order valence-electron chi connectivity index (χ0n) is 15.3. The highest BCUT2D eigenvalue weighted by molar-refractivity contribution is 5.70. The molecule has 0 aliphatic carbocycles. The number of anilines is 4. The van der Waals surface area contributed by atoms with Crippen molar-refractivity contribution in [1.29, 1.82) is 0 Å². The number of hydrogen-bond acceptors (Lipinski definition) is 8. The minimum atomic E-state index is -0.989. The van der Waals surface area contributed by atoms with Crippen molar-refractivity contribution in [3.05, 3.63) is 64.6 Å². The second-order valence-corrected chi connectivity index (χ2v) is 6.09. The molecule has 0 saturated carbocycles. The molecule has 148 valence electrons. The Morgan fingerprint density at radius 1 is 1.31 bits per heavy atom. The molecule has 2 heterocycles. The average molecular weight is 397 g/mol. The van der Waals surface area contributed by atoms with Crippen LogP contribution in [-0.2, 0) is 0 Å². The first-order chi connectivity index (χ1) is 14.1. The van der Waals surface area contributed by atoms with E-state index in [-0.39, 0.29) is 17.4 Å². The predicted molar refractivity (Wildman–Crippen MR) is 104 cm³/mol. The average Bonchev–Trinajstić information content (AvgIpc) is 2.74. The van der Waals surface area contributed by atoms with Crippen molar-refractivity contribution in [2.45, 2.75) is 0 Å². The minimum absolute atomic E-state index is 0.0961. The normalized spacial score (nSPS) is 12.7. The number of ether oxygens (including phenoxy) is 2. The Labute approximate surface area is 164 Å². The van der Waals surface area contributed by atoms with Crippen molar-refractivity contribution in [2.24, 2.45) is 0 Å². The molecule has 2 aromatic carbocycles. The summed E-state index contributed by atoms with van der Waals surface area (Å²) in [7, 11) is 1.34. The Hall–Kier alpha value is -3.95. The summed E-state index contributed by atoms with van der Waals surface area (Å²) in [6.45, 7) is 1.10. The molecule has 4 rings (SSSR count). The van der Waals surface area contributed by atoms with Crippen LogP contribution in [-0.4, -0.2) is 35.2 Å². The fourth-order valence-corrected chi connectivity index (χ4v) is 3.04. The molecule has 0 spiro atoms. The van der Waals surface area contributed by atoms with Crippen LogP contribution in [0.25, 0.3) is 0 Å². The number of nitro groups is 1. The van der Waals surface area contributed by atoms with Gasteiger partial charge >= 0.3 is 5.69 Å². The number of nitrogens with one attached hydrogen (secondary N) is 1. The third kappa shape index (κ3) is 3.59. The molecule has 1 N–H and O–H groups in total. The summed E-state index contributed by atoms with van der Waals surface area (Å²) in [5.41, 5.74) is 0.380. The topological polar surface area (TPSA) is 103 Å². The number of fused-ring (bicyclic) bond motifs is 1. The lowest BCUT2D eigenvalue weighted by Crippen LogP contribution is -2.29. The second kappa shape index (κ2) is 7.58. The monoisotopic (exact) mass is 397 g/mol. The molecule has 1 aromatic heterocycles. The van der Waals surface area contributed by atoms with E-state index in [1.165, 1.54) is 7.11 Å². The molecule has 3 aromatic rings. The second-order valence-electron chi connectivity index (χ2n) is 6.09. The number of hydrogen-bond donors (Lipinski definition) is 1. The van der Waals surface area contributed by atoms with Crippen LogP contribution in [0.1, 0.15) is 0 Å². The lowest BCUT2D eigenvalue weighted by atomic mass is 10.2. The van der Waals surface area contributed by atoms with Crippen LogP contribution in [0.15, 0.2) is 48.7 Å². The van der Waals surface area contributed by atoms with E-state index in [1.54, 1.807) is 12.3 Å². The van der Waals surface area contributed by atoms with Gasteiger partial charge in [0.15, 0.2) is 0 Å². The van der Waals surface area contributed by atoms with E-state index < -0.39 is 16.4 Å². The summed E-state index contributed by atoms with van der Waals surface area (Å²) >= 11 is 0. The van der Waals surface area contributed by atoms with E-state index in [9.17, 15) is 14.5 Å². The third-order valence-corrected chi connectivity index (χ3v) is 4.36. The molecular formula is C19H16FN5O4. The standard InChI is InChI=1S/C19H16FN5O4/c1-28-17-10-12(20)15(25(26)27)11-13(17)22-19-21-7-6-18(23-19)24-8-9-29-16-5-3-2-4-14(16)24/h2-7,10-11H,8-9H2,1H3,(H,21,22,23). The van der Waals surface area contributed by atoms with Gasteiger partial charge in [0.2, 0.25) is 11.8 Å². The number of rotatable bonds is 5. The fourth-order valence-electron chi connectivity index (χ4n) is 3.04. The molecule has 9 nitrogen and oxygen atoms in total. The maximum Gasteiger partial charge on any atom is 0.307 e. The van der Waals surface area contributed by atoms with Crippen LogP contribution in [0.3, 0.4) is 0 Å². The van der Waals surface area contributed by atoms with Crippen LogP contribution in [0.2, 0.25) is 0 Å². The number of nitro benzene ring substituents is 1. The van der Waals surface area contributed by atoms with E-state index in [4.69, 9.17) is 9.47 Å². The Bertz CT molecular complexity index is 1080. The molecule has 1 aliphatic rings. The zero-order chi connectivity index (χ0) is 20.4. The van der Waals surface area contributed by atoms with Gasteiger partial charge in [0.25, 0.3) is 0 Å². The van der Waals surface area contributed by atoms with Crippen molar-refractivity contribution in [1.82, 2.24) is 9.97 Å². The van der Waals surface area contributed by atoms with Crippen LogP contribution >= 0.6 is 0 Å². The lowest BCUT2D eigenvalue weighted by molar-refractivity contribution is -0.387. The summed E-state index contributed by atoms with van der Waals surface area (Å²) in [5.74, 6) is 0.665. The lowest BCUT2D eigenvalue weighted by Gasteiger charge is -2.30. The van der Waals surface area contributed by atoms with E-state index in [2.05, 4.69) is 15.3 Å². The Morgan fingerprint density at radius 3 is 2.93 bits per heavy atom. The molecule has 29 heavy (non-hydrogen) atoms. The molecule has 10 heteroatoms. The largest absolute Gasteiger partial charge is 0.494 e. The molecule has 0 radical (unpaired) electrons. The van der Waals surface area contributed by atoms with Gasteiger partial charge < -0.3 is 19.7 Å². The number of halogens is 1. The molecule has 0 fully saturated rings. The summed E-state index contributed by atoms with van der Waals surface area (Å²) in [5, 5.41) is 13.9. The third-order valence-electron chi connectivity index (χ3n) is 4.36. The number of benzene rings is 2. The van der Waals surface area contributed by atoms with Crippen LogP contribution < -0.4 is 19.7 Å². The van der Waals surface area contributed by atoms with E-state index >= 15 is 0 Å². The van der Waals surface area contributed by atoms with Gasteiger partial charge in [-0.3, -0.25) is 10.1 Å². The van der Waals surface area contributed by atoms with Crippen molar-refractivity contribution in [3.63, 3.8) is 0 Å². The fraction of sp³-hybridized carbons (Fsp3) is 0.158. The first-order valence-corrected chi connectivity index (χ1v) is 8.68.